The molecule has 1 aromatic carbocycles. The quantitative estimate of drug-likeness (QED) is 0.554. The van der Waals surface area contributed by atoms with E-state index < -0.39 is 0 Å². The molecule has 4 aromatic rings. The lowest BCUT2D eigenvalue weighted by atomic mass is 10.1. The van der Waals surface area contributed by atoms with E-state index in [2.05, 4.69) is 27.1 Å². The van der Waals surface area contributed by atoms with Gasteiger partial charge < -0.3 is 4.98 Å². The van der Waals surface area contributed by atoms with Crippen LogP contribution in [0, 0.1) is 0 Å². The summed E-state index contributed by atoms with van der Waals surface area (Å²) in [6, 6.07) is 16.3. The molecule has 0 atom stereocenters. The molecule has 3 nitrogen and oxygen atoms in total. The van der Waals surface area contributed by atoms with Crippen molar-refractivity contribution in [1.29, 1.82) is 0 Å². The molecule has 0 spiro atoms. The SMILES string of the molecule is c1ccc(-c2ccnc3c2[nH]c2ncccc23)cc1. The minimum atomic E-state index is 0.883. The van der Waals surface area contributed by atoms with Gasteiger partial charge in [0.25, 0.3) is 0 Å². The Morgan fingerprint density at radius 2 is 1.68 bits per heavy atom. The van der Waals surface area contributed by atoms with Gasteiger partial charge in [-0.2, -0.15) is 0 Å². The fourth-order valence-corrected chi connectivity index (χ4v) is 2.47. The van der Waals surface area contributed by atoms with Crippen LogP contribution in [0.3, 0.4) is 0 Å². The number of fused-ring (bicyclic) bond motifs is 3. The molecule has 3 heteroatoms. The number of hydrogen-bond donors (Lipinski definition) is 1. The van der Waals surface area contributed by atoms with Crippen LogP contribution in [-0.2, 0) is 0 Å². The molecule has 0 radical (unpaired) electrons. The molecule has 0 unspecified atom stereocenters. The Morgan fingerprint density at radius 1 is 0.789 bits per heavy atom. The number of aromatic nitrogens is 3. The van der Waals surface area contributed by atoms with Gasteiger partial charge in [-0.1, -0.05) is 30.3 Å². The van der Waals surface area contributed by atoms with Gasteiger partial charge in [0.05, 0.1) is 11.0 Å². The molecule has 4 rings (SSSR count). The summed E-state index contributed by atoms with van der Waals surface area (Å²) in [5.74, 6) is 0. The van der Waals surface area contributed by atoms with E-state index in [0.29, 0.717) is 0 Å². The third-order valence-corrected chi connectivity index (χ3v) is 3.34. The van der Waals surface area contributed by atoms with Crippen LogP contribution in [0.1, 0.15) is 0 Å². The monoisotopic (exact) mass is 245 g/mol. The van der Waals surface area contributed by atoms with Crippen molar-refractivity contribution in [3.8, 4) is 11.1 Å². The summed E-state index contributed by atoms with van der Waals surface area (Å²) in [4.78, 5) is 12.2. The lowest BCUT2D eigenvalue weighted by Gasteiger charge is -2.02. The first-order chi connectivity index (χ1) is 9.43. The van der Waals surface area contributed by atoms with Crippen LogP contribution in [-0.4, -0.2) is 15.0 Å². The predicted molar refractivity (Wildman–Crippen MR) is 76.8 cm³/mol. The maximum atomic E-state index is 4.48. The van der Waals surface area contributed by atoms with Crippen molar-refractivity contribution in [3.63, 3.8) is 0 Å². The first kappa shape index (κ1) is 10.3. The summed E-state index contributed by atoms with van der Waals surface area (Å²) in [6.45, 7) is 0. The second-order valence-corrected chi connectivity index (χ2v) is 4.47. The minimum Gasteiger partial charge on any atom is -0.337 e. The zero-order chi connectivity index (χ0) is 12.7. The summed E-state index contributed by atoms with van der Waals surface area (Å²) >= 11 is 0. The average Bonchev–Trinajstić information content (AvgIpc) is 2.87. The lowest BCUT2D eigenvalue weighted by Crippen LogP contribution is -1.82. The fraction of sp³-hybridized carbons (Fsp3) is 0. The van der Waals surface area contributed by atoms with Gasteiger partial charge >= 0.3 is 0 Å². The number of nitrogens with one attached hydrogen (secondary N) is 1. The Morgan fingerprint density at radius 3 is 2.58 bits per heavy atom. The standard InChI is InChI=1S/C16H11N3/c1-2-5-11(6-3-1)12-8-10-17-14-13-7-4-9-18-16(13)19-15(12)14/h1-10H,(H,18,19). The fourth-order valence-electron chi connectivity index (χ4n) is 2.47. The summed E-state index contributed by atoms with van der Waals surface area (Å²) in [5, 5.41) is 1.07. The van der Waals surface area contributed by atoms with Crippen LogP contribution >= 0.6 is 0 Å². The van der Waals surface area contributed by atoms with E-state index in [1.54, 1.807) is 6.20 Å². The minimum absolute atomic E-state index is 0.883. The van der Waals surface area contributed by atoms with Crippen LogP contribution in [0.2, 0.25) is 0 Å². The van der Waals surface area contributed by atoms with Gasteiger partial charge in [-0.3, -0.25) is 4.98 Å². The van der Waals surface area contributed by atoms with Crippen LogP contribution in [0.5, 0.6) is 0 Å². The molecule has 3 aromatic heterocycles. The second-order valence-electron chi connectivity index (χ2n) is 4.47. The smallest absolute Gasteiger partial charge is 0.139 e. The zero-order valence-electron chi connectivity index (χ0n) is 10.2. The number of hydrogen-bond acceptors (Lipinski definition) is 2. The number of pyridine rings is 2. The summed E-state index contributed by atoms with van der Waals surface area (Å²) < 4.78 is 0. The molecule has 0 amide bonds. The molecular formula is C16H11N3. The summed E-state index contributed by atoms with van der Waals surface area (Å²) in [7, 11) is 0. The van der Waals surface area contributed by atoms with E-state index >= 15 is 0 Å². The highest BCUT2D eigenvalue weighted by Gasteiger charge is 2.10. The molecule has 0 saturated heterocycles. The molecule has 90 valence electrons. The zero-order valence-corrected chi connectivity index (χ0v) is 10.2. The highest BCUT2D eigenvalue weighted by atomic mass is 14.9. The van der Waals surface area contributed by atoms with E-state index in [1.807, 2.05) is 42.6 Å². The Bertz CT molecular complexity index is 863. The van der Waals surface area contributed by atoms with Crippen molar-refractivity contribution in [2.24, 2.45) is 0 Å². The highest BCUT2D eigenvalue weighted by Crippen LogP contribution is 2.30. The highest BCUT2D eigenvalue weighted by molar-refractivity contribution is 6.08. The van der Waals surface area contributed by atoms with Crippen LogP contribution in [0.15, 0.2) is 60.9 Å². The lowest BCUT2D eigenvalue weighted by molar-refractivity contribution is 1.34. The van der Waals surface area contributed by atoms with Gasteiger partial charge in [0.15, 0.2) is 0 Å². The topological polar surface area (TPSA) is 41.6 Å². The van der Waals surface area contributed by atoms with Crippen molar-refractivity contribution < 1.29 is 0 Å². The van der Waals surface area contributed by atoms with Gasteiger partial charge in [0.2, 0.25) is 0 Å². The molecule has 19 heavy (non-hydrogen) atoms. The maximum Gasteiger partial charge on any atom is 0.139 e. The molecule has 0 saturated carbocycles. The van der Waals surface area contributed by atoms with Gasteiger partial charge in [0, 0.05) is 23.3 Å². The molecule has 0 aliphatic heterocycles. The molecule has 3 heterocycles. The van der Waals surface area contributed by atoms with Crippen LogP contribution < -0.4 is 0 Å². The summed E-state index contributed by atoms with van der Waals surface area (Å²) in [6.07, 6.45) is 3.64. The molecular weight excluding hydrogens is 234 g/mol. The Hall–Kier alpha value is -2.68. The normalized spacial score (nSPS) is 11.2. The van der Waals surface area contributed by atoms with Crippen molar-refractivity contribution >= 4 is 22.1 Å². The van der Waals surface area contributed by atoms with E-state index in [-0.39, 0.29) is 0 Å². The Balaban J connectivity index is 2.13. The number of benzene rings is 1. The third kappa shape index (κ3) is 1.52. The van der Waals surface area contributed by atoms with E-state index in [1.165, 1.54) is 5.56 Å². The third-order valence-electron chi connectivity index (χ3n) is 3.34. The van der Waals surface area contributed by atoms with Crippen molar-refractivity contribution in [1.82, 2.24) is 15.0 Å². The number of rotatable bonds is 1. The van der Waals surface area contributed by atoms with Crippen LogP contribution in [0.4, 0.5) is 0 Å². The van der Waals surface area contributed by atoms with Crippen LogP contribution in [0.25, 0.3) is 33.2 Å². The number of aromatic amines is 1. The molecule has 0 aliphatic carbocycles. The Labute approximate surface area is 110 Å². The van der Waals surface area contributed by atoms with Gasteiger partial charge in [-0.05, 0) is 23.8 Å². The van der Waals surface area contributed by atoms with Gasteiger partial charge in [0.1, 0.15) is 5.65 Å². The molecule has 0 aliphatic rings. The Kier molecular flexibility index (Phi) is 2.12. The van der Waals surface area contributed by atoms with Gasteiger partial charge in [-0.25, -0.2) is 4.98 Å². The van der Waals surface area contributed by atoms with E-state index in [4.69, 9.17) is 0 Å². The first-order valence-electron chi connectivity index (χ1n) is 6.20. The molecule has 0 fully saturated rings. The van der Waals surface area contributed by atoms with Crippen molar-refractivity contribution in [2.75, 3.05) is 0 Å². The van der Waals surface area contributed by atoms with E-state index in [9.17, 15) is 0 Å². The van der Waals surface area contributed by atoms with Crippen molar-refractivity contribution in [3.05, 3.63) is 60.9 Å². The first-order valence-corrected chi connectivity index (χ1v) is 6.20. The maximum absolute atomic E-state index is 4.48. The van der Waals surface area contributed by atoms with E-state index in [0.717, 1.165) is 27.6 Å². The van der Waals surface area contributed by atoms with Gasteiger partial charge in [-0.15, -0.1) is 0 Å². The average molecular weight is 245 g/mol. The number of nitrogens with zero attached hydrogens (tertiary/aromatic N) is 2. The summed E-state index contributed by atoms with van der Waals surface area (Å²) in [5.41, 5.74) is 5.24. The number of H-pyrrole nitrogens is 1. The molecule has 0 bridgehead atoms. The largest absolute Gasteiger partial charge is 0.337 e. The molecule has 1 N–H and O–H groups in total. The second kappa shape index (κ2) is 3.92. The predicted octanol–water partition coefficient (Wildman–Crippen LogP) is 3.78. The van der Waals surface area contributed by atoms with Crippen molar-refractivity contribution in [2.45, 2.75) is 0 Å².